The molecule has 2 nitrogen and oxygen atoms in total. The van der Waals surface area contributed by atoms with Gasteiger partial charge < -0.3 is 10.1 Å². The van der Waals surface area contributed by atoms with Gasteiger partial charge in [-0.1, -0.05) is 37.5 Å². The van der Waals surface area contributed by atoms with Crippen molar-refractivity contribution in [3.05, 3.63) is 34.4 Å². The molecule has 1 aliphatic rings. The number of benzene rings is 1. The number of aryl methyl sites for hydroxylation is 3. The van der Waals surface area contributed by atoms with Crippen molar-refractivity contribution in [3.63, 3.8) is 0 Å². The van der Waals surface area contributed by atoms with Crippen LogP contribution in [0.15, 0.2) is 12.1 Å². The molecule has 1 N–H and O–H groups in total. The van der Waals surface area contributed by atoms with E-state index in [-0.39, 0.29) is 0 Å². The van der Waals surface area contributed by atoms with Gasteiger partial charge in [0.05, 0.1) is 12.6 Å². The van der Waals surface area contributed by atoms with Gasteiger partial charge in [0.25, 0.3) is 0 Å². The second kappa shape index (κ2) is 7.24. The molecule has 0 aromatic heterocycles. The number of nitrogens with one attached hydrogen (secondary N) is 1. The highest BCUT2D eigenvalue weighted by Crippen LogP contribution is 2.32. The van der Waals surface area contributed by atoms with E-state index in [1.165, 1.54) is 41.5 Å². The van der Waals surface area contributed by atoms with Crippen LogP contribution in [0.5, 0.6) is 0 Å². The van der Waals surface area contributed by atoms with Gasteiger partial charge in [-0.3, -0.25) is 0 Å². The molecule has 112 valence electrons. The quantitative estimate of drug-likeness (QED) is 0.722. The number of hydrogen-bond acceptors (Lipinski definition) is 2. The third-order valence-corrected chi connectivity index (χ3v) is 4.19. The summed E-state index contributed by atoms with van der Waals surface area (Å²) in [4.78, 5) is 0. The van der Waals surface area contributed by atoms with Crippen LogP contribution in [0.4, 0.5) is 0 Å². The summed E-state index contributed by atoms with van der Waals surface area (Å²) in [5.41, 5.74) is 5.51. The fraction of sp³-hybridized carbons (Fsp3) is 0.667. The minimum Gasteiger partial charge on any atom is -0.379 e. The standard InChI is InChI=1S/C18H29NO/c1-5-19-17(12-20-9-8-16-6-7-16)18-14(3)10-13(2)11-15(18)4/h10-11,16-17,19H,5-9,12H2,1-4H3. The molecule has 1 aromatic carbocycles. The summed E-state index contributed by atoms with van der Waals surface area (Å²) >= 11 is 0. The first kappa shape index (κ1) is 15.5. The summed E-state index contributed by atoms with van der Waals surface area (Å²) < 4.78 is 5.93. The lowest BCUT2D eigenvalue weighted by molar-refractivity contribution is 0.106. The highest BCUT2D eigenvalue weighted by molar-refractivity contribution is 5.39. The van der Waals surface area contributed by atoms with Crippen molar-refractivity contribution < 1.29 is 4.74 Å². The predicted molar refractivity (Wildman–Crippen MR) is 85.2 cm³/mol. The predicted octanol–water partition coefficient (Wildman–Crippen LogP) is 4.08. The van der Waals surface area contributed by atoms with Crippen molar-refractivity contribution in [2.24, 2.45) is 5.92 Å². The normalized spacial score (nSPS) is 16.4. The van der Waals surface area contributed by atoms with Gasteiger partial charge in [0.15, 0.2) is 0 Å². The van der Waals surface area contributed by atoms with Gasteiger partial charge in [0.1, 0.15) is 0 Å². The second-order valence-corrected chi connectivity index (χ2v) is 6.23. The van der Waals surface area contributed by atoms with E-state index in [0.717, 1.165) is 25.7 Å². The van der Waals surface area contributed by atoms with Crippen molar-refractivity contribution in [3.8, 4) is 0 Å². The molecule has 0 amide bonds. The number of hydrogen-bond donors (Lipinski definition) is 1. The fourth-order valence-electron chi connectivity index (χ4n) is 3.09. The number of likely N-dealkylation sites (N-methyl/N-ethyl adjacent to an activating group) is 1. The molecular weight excluding hydrogens is 246 g/mol. The molecule has 0 heterocycles. The van der Waals surface area contributed by atoms with Gasteiger partial charge in [0.2, 0.25) is 0 Å². The summed E-state index contributed by atoms with van der Waals surface area (Å²) in [6.07, 6.45) is 4.07. The average molecular weight is 275 g/mol. The van der Waals surface area contributed by atoms with E-state index in [0.29, 0.717) is 6.04 Å². The van der Waals surface area contributed by atoms with Crippen LogP contribution in [0.2, 0.25) is 0 Å². The van der Waals surface area contributed by atoms with Crippen molar-refractivity contribution in [1.82, 2.24) is 5.32 Å². The number of ether oxygens (including phenoxy) is 1. The van der Waals surface area contributed by atoms with E-state index >= 15 is 0 Å². The lowest BCUT2D eigenvalue weighted by Crippen LogP contribution is -2.27. The maximum Gasteiger partial charge on any atom is 0.0661 e. The largest absolute Gasteiger partial charge is 0.379 e. The summed E-state index contributed by atoms with van der Waals surface area (Å²) in [5.74, 6) is 0.954. The first-order valence-corrected chi connectivity index (χ1v) is 8.00. The molecule has 20 heavy (non-hydrogen) atoms. The molecule has 0 aliphatic heterocycles. The van der Waals surface area contributed by atoms with Gasteiger partial charge in [-0.25, -0.2) is 0 Å². The van der Waals surface area contributed by atoms with Crippen LogP contribution in [0.25, 0.3) is 0 Å². The highest BCUT2D eigenvalue weighted by atomic mass is 16.5. The van der Waals surface area contributed by atoms with Gasteiger partial charge >= 0.3 is 0 Å². The minimum absolute atomic E-state index is 0.319. The molecule has 1 aliphatic carbocycles. The van der Waals surface area contributed by atoms with E-state index in [2.05, 4.69) is 45.1 Å². The SMILES string of the molecule is CCNC(COCCC1CC1)c1c(C)cc(C)cc1C. The highest BCUT2D eigenvalue weighted by Gasteiger charge is 2.21. The second-order valence-electron chi connectivity index (χ2n) is 6.23. The maximum atomic E-state index is 5.93. The zero-order chi connectivity index (χ0) is 14.5. The first-order valence-electron chi connectivity index (χ1n) is 8.00. The van der Waals surface area contributed by atoms with Crippen molar-refractivity contribution >= 4 is 0 Å². The van der Waals surface area contributed by atoms with Crippen LogP contribution >= 0.6 is 0 Å². The topological polar surface area (TPSA) is 21.3 Å². The Morgan fingerprint density at radius 3 is 2.40 bits per heavy atom. The van der Waals surface area contributed by atoms with Crippen LogP contribution in [0.3, 0.4) is 0 Å². The van der Waals surface area contributed by atoms with Crippen molar-refractivity contribution in [2.75, 3.05) is 19.8 Å². The Balaban J connectivity index is 1.98. The Bertz CT molecular complexity index is 414. The summed E-state index contributed by atoms with van der Waals surface area (Å²) in [6.45, 7) is 11.4. The lowest BCUT2D eigenvalue weighted by Gasteiger charge is -2.23. The Morgan fingerprint density at radius 2 is 1.85 bits per heavy atom. The molecule has 2 heteroatoms. The van der Waals surface area contributed by atoms with E-state index in [9.17, 15) is 0 Å². The number of rotatable bonds is 8. The van der Waals surface area contributed by atoms with Crippen molar-refractivity contribution in [1.29, 1.82) is 0 Å². The molecule has 1 saturated carbocycles. The first-order chi connectivity index (χ1) is 9.61. The van der Waals surface area contributed by atoms with Crippen LogP contribution in [0.1, 0.15) is 54.5 Å². The van der Waals surface area contributed by atoms with Crippen LogP contribution in [0, 0.1) is 26.7 Å². The minimum atomic E-state index is 0.319. The zero-order valence-corrected chi connectivity index (χ0v) is 13.5. The van der Waals surface area contributed by atoms with Crippen LogP contribution < -0.4 is 5.32 Å². The molecule has 1 unspecified atom stereocenters. The monoisotopic (exact) mass is 275 g/mol. The Kier molecular flexibility index (Phi) is 5.62. The zero-order valence-electron chi connectivity index (χ0n) is 13.5. The Morgan fingerprint density at radius 1 is 1.20 bits per heavy atom. The average Bonchev–Trinajstić information content (AvgIpc) is 3.17. The maximum absolute atomic E-state index is 5.93. The van der Waals surface area contributed by atoms with Gasteiger partial charge in [-0.15, -0.1) is 0 Å². The molecule has 0 radical (unpaired) electrons. The summed E-state index contributed by atoms with van der Waals surface area (Å²) in [5, 5.41) is 3.58. The summed E-state index contributed by atoms with van der Waals surface area (Å²) in [7, 11) is 0. The molecule has 0 spiro atoms. The fourth-order valence-corrected chi connectivity index (χ4v) is 3.09. The van der Waals surface area contributed by atoms with Crippen LogP contribution in [-0.2, 0) is 4.74 Å². The van der Waals surface area contributed by atoms with E-state index in [1.807, 2.05) is 0 Å². The third kappa shape index (κ3) is 4.32. The lowest BCUT2D eigenvalue weighted by atomic mass is 9.94. The molecule has 1 aromatic rings. The third-order valence-electron chi connectivity index (χ3n) is 4.19. The van der Waals surface area contributed by atoms with Gasteiger partial charge in [-0.05, 0) is 56.3 Å². The van der Waals surface area contributed by atoms with Crippen molar-refractivity contribution in [2.45, 2.75) is 53.0 Å². The Hall–Kier alpha value is -0.860. The van der Waals surface area contributed by atoms with Gasteiger partial charge in [-0.2, -0.15) is 0 Å². The molecule has 0 bridgehead atoms. The van der Waals surface area contributed by atoms with E-state index in [1.54, 1.807) is 0 Å². The molecule has 1 fully saturated rings. The van der Waals surface area contributed by atoms with Gasteiger partial charge in [0, 0.05) is 6.61 Å². The molecule has 0 saturated heterocycles. The Labute approximate surface area is 123 Å². The molecular formula is C18H29NO. The van der Waals surface area contributed by atoms with E-state index < -0.39 is 0 Å². The summed E-state index contributed by atoms with van der Waals surface area (Å²) in [6, 6.07) is 4.87. The smallest absolute Gasteiger partial charge is 0.0661 e. The molecule has 2 rings (SSSR count). The van der Waals surface area contributed by atoms with Crippen LogP contribution in [-0.4, -0.2) is 19.8 Å². The molecule has 1 atom stereocenters. The van der Waals surface area contributed by atoms with E-state index in [4.69, 9.17) is 4.74 Å².